The van der Waals surface area contributed by atoms with Gasteiger partial charge in [-0.05, 0) is 13.8 Å². The summed E-state index contributed by atoms with van der Waals surface area (Å²) in [7, 11) is -1.70. The summed E-state index contributed by atoms with van der Waals surface area (Å²) in [6.45, 7) is 5.01. The lowest BCUT2D eigenvalue weighted by molar-refractivity contribution is 0.138. The van der Waals surface area contributed by atoms with Crippen molar-refractivity contribution in [2.75, 3.05) is 33.4 Å². The number of ether oxygens (including phenoxy) is 1. The molecule has 0 saturated heterocycles. The zero-order valence-electron chi connectivity index (χ0n) is 9.06. The Labute approximate surface area is 86.3 Å². The molecule has 0 fully saturated rings. The molecule has 0 saturated carbocycles. The van der Waals surface area contributed by atoms with E-state index in [0.29, 0.717) is 19.8 Å². The third-order valence-electron chi connectivity index (χ3n) is 2.03. The number of nitrogens with two attached hydrogens (primary N) is 1. The van der Waals surface area contributed by atoms with E-state index in [1.807, 2.05) is 6.92 Å². The summed E-state index contributed by atoms with van der Waals surface area (Å²) in [6, 6.07) is 0. The summed E-state index contributed by atoms with van der Waals surface area (Å²) >= 11 is 0. The Morgan fingerprint density at radius 3 is 2.50 bits per heavy atom. The van der Waals surface area contributed by atoms with Gasteiger partial charge < -0.3 is 10.5 Å². The summed E-state index contributed by atoms with van der Waals surface area (Å²) < 4.78 is 29.7. The van der Waals surface area contributed by atoms with Gasteiger partial charge in [-0.25, -0.2) is 12.7 Å². The molecule has 0 rings (SSSR count). The Bertz CT molecular complexity index is 241. The van der Waals surface area contributed by atoms with Crippen molar-refractivity contribution in [1.29, 1.82) is 0 Å². The number of sulfonamides is 1. The van der Waals surface area contributed by atoms with E-state index in [2.05, 4.69) is 0 Å². The van der Waals surface area contributed by atoms with Crippen LogP contribution in [0.2, 0.25) is 0 Å². The van der Waals surface area contributed by atoms with Gasteiger partial charge in [0.25, 0.3) is 0 Å². The van der Waals surface area contributed by atoms with Gasteiger partial charge in [0.05, 0.1) is 11.9 Å². The Kier molecular flexibility index (Phi) is 6.26. The number of likely N-dealkylation sites (N-methyl/N-ethyl adjacent to an activating group) is 1. The molecular formula is C8H20N2O3S. The fraction of sp³-hybridized carbons (Fsp3) is 1.00. The minimum absolute atomic E-state index is 0.140. The summed E-state index contributed by atoms with van der Waals surface area (Å²) in [5.74, 6) is 0. The van der Waals surface area contributed by atoms with Gasteiger partial charge in [-0.15, -0.1) is 0 Å². The molecule has 14 heavy (non-hydrogen) atoms. The predicted octanol–water partition coefficient (Wildman–Crippen LogP) is -0.368. The standard InChI is InChI=1S/C8H20N2O3S/c1-4-13-6-5-10(3)14(11,12)8(2)7-9/h8H,4-7,9H2,1-3H3. The molecule has 6 heteroatoms. The second-order valence-corrected chi connectivity index (χ2v) is 5.57. The maximum Gasteiger partial charge on any atom is 0.217 e. The second kappa shape index (κ2) is 6.34. The van der Waals surface area contributed by atoms with Gasteiger partial charge in [0.1, 0.15) is 0 Å². The summed E-state index contributed by atoms with van der Waals surface area (Å²) in [5, 5.41) is -0.533. The van der Waals surface area contributed by atoms with Crippen molar-refractivity contribution >= 4 is 10.0 Å². The maximum atomic E-state index is 11.6. The molecule has 0 aromatic heterocycles. The molecule has 0 aliphatic carbocycles. The van der Waals surface area contributed by atoms with E-state index in [0.717, 1.165) is 0 Å². The van der Waals surface area contributed by atoms with E-state index in [1.165, 1.54) is 4.31 Å². The number of nitrogens with zero attached hydrogens (tertiary/aromatic N) is 1. The van der Waals surface area contributed by atoms with E-state index < -0.39 is 15.3 Å². The summed E-state index contributed by atoms with van der Waals surface area (Å²) in [6.07, 6.45) is 0. The van der Waals surface area contributed by atoms with E-state index in [-0.39, 0.29) is 6.54 Å². The average Bonchev–Trinajstić information content (AvgIpc) is 2.16. The van der Waals surface area contributed by atoms with Crippen LogP contribution < -0.4 is 5.73 Å². The molecule has 1 atom stereocenters. The zero-order chi connectivity index (χ0) is 11.2. The van der Waals surface area contributed by atoms with Crippen molar-refractivity contribution in [3.8, 4) is 0 Å². The van der Waals surface area contributed by atoms with Crippen molar-refractivity contribution in [2.24, 2.45) is 5.73 Å². The molecule has 0 spiro atoms. The SMILES string of the molecule is CCOCCN(C)S(=O)(=O)C(C)CN. The highest BCUT2D eigenvalue weighted by Crippen LogP contribution is 2.04. The van der Waals surface area contributed by atoms with Crippen molar-refractivity contribution in [3.05, 3.63) is 0 Å². The van der Waals surface area contributed by atoms with Crippen LogP contribution in [-0.4, -0.2) is 51.3 Å². The van der Waals surface area contributed by atoms with Gasteiger partial charge in [-0.1, -0.05) is 0 Å². The highest BCUT2D eigenvalue weighted by molar-refractivity contribution is 7.89. The first-order valence-corrected chi connectivity index (χ1v) is 6.20. The molecule has 5 nitrogen and oxygen atoms in total. The molecule has 2 N–H and O–H groups in total. The average molecular weight is 224 g/mol. The van der Waals surface area contributed by atoms with Gasteiger partial charge in [0.15, 0.2) is 0 Å². The fourth-order valence-electron chi connectivity index (χ4n) is 0.893. The number of hydrogen-bond donors (Lipinski definition) is 1. The van der Waals surface area contributed by atoms with Gasteiger partial charge in [0.2, 0.25) is 10.0 Å². The fourth-order valence-corrected chi connectivity index (χ4v) is 2.08. The first-order valence-electron chi connectivity index (χ1n) is 4.69. The Morgan fingerprint density at radius 1 is 1.50 bits per heavy atom. The first-order chi connectivity index (χ1) is 6.46. The van der Waals surface area contributed by atoms with Gasteiger partial charge in [-0.2, -0.15) is 0 Å². The molecule has 0 heterocycles. The highest BCUT2D eigenvalue weighted by atomic mass is 32.2. The van der Waals surface area contributed by atoms with Crippen LogP contribution in [-0.2, 0) is 14.8 Å². The molecule has 0 aromatic carbocycles. The lowest BCUT2D eigenvalue weighted by Gasteiger charge is -2.20. The second-order valence-electron chi connectivity index (χ2n) is 3.11. The minimum Gasteiger partial charge on any atom is -0.380 e. The zero-order valence-corrected chi connectivity index (χ0v) is 9.88. The monoisotopic (exact) mass is 224 g/mol. The minimum atomic E-state index is -3.24. The molecule has 0 radical (unpaired) electrons. The van der Waals surface area contributed by atoms with Crippen molar-refractivity contribution in [3.63, 3.8) is 0 Å². The molecular weight excluding hydrogens is 204 g/mol. The lowest BCUT2D eigenvalue weighted by Crippen LogP contribution is -2.39. The Hall–Kier alpha value is -0.170. The van der Waals surface area contributed by atoms with Crippen LogP contribution >= 0.6 is 0 Å². The third kappa shape index (κ3) is 3.91. The normalized spacial score (nSPS) is 14.6. The topological polar surface area (TPSA) is 72.6 Å². The summed E-state index contributed by atoms with van der Waals surface area (Å²) in [5.41, 5.74) is 5.31. The van der Waals surface area contributed by atoms with Crippen LogP contribution in [0.25, 0.3) is 0 Å². The molecule has 0 aromatic rings. The van der Waals surface area contributed by atoms with Crippen LogP contribution in [0.5, 0.6) is 0 Å². The van der Waals surface area contributed by atoms with Gasteiger partial charge >= 0.3 is 0 Å². The van der Waals surface area contributed by atoms with E-state index in [1.54, 1.807) is 14.0 Å². The predicted molar refractivity (Wildman–Crippen MR) is 56.6 cm³/mol. The van der Waals surface area contributed by atoms with Crippen molar-refractivity contribution < 1.29 is 13.2 Å². The lowest BCUT2D eigenvalue weighted by atomic mass is 10.5. The molecule has 0 bridgehead atoms. The number of rotatable bonds is 7. The molecule has 0 aliphatic rings. The van der Waals surface area contributed by atoms with Crippen molar-refractivity contribution in [1.82, 2.24) is 4.31 Å². The Morgan fingerprint density at radius 2 is 2.07 bits per heavy atom. The third-order valence-corrected chi connectivity index (χ3v) is 4.29. The van der Waals surface area contributed by atoms with Crippen LogP contribution in [0.15, 0.2) is 0 Å². The molecule has 0 aliphatic heterocycles. The van der Waals surface area contributed by atoms with Crippen LogP contribution in [0.4, 0.5) is 0 Å². The number of hydrogen-bond acceptors (Lipinski definition) is 4. The maximum absolute atomic E-state index is 11.6. The van der Waals surface area contributed by atoms with E-state index in [4.69, 9.17) is 10.5 Å². The van der Waals surface area contributed by atoms with Gasteiger partial charge in [-0.3, -0.25) is 0 Å². The first kappa shape index (κ1) is 13.8. The molecule has 1 unspecified atom stereocenters. The van der Waals surface area contributed by atoms with Crippen LogP contribution in [0.3, 0.4) is 0 Å². The largest absolute Gasteiger partial charge is 0.380 e. The van der Waals surface area contributed by atoms with Crippen LogP contribution in [0, 0.1) is 0 Å². The molecule has 0 amide bonds. The van der Waals surface area contributed by atoms with E-state index in [9.17, 15) is 8.42 Å². The summed E-state index contributed by atoms with van der Waals surface area (Å²) in [4.78, 5) is 0. The van der Waals surface area contributed by atoms with Crippen LogP contribution in [0.1, 0.15) is 13.8 Å². The Balaban J connectivity index is 4.15. The smallest absolute Gasteiger partial charge is 0.217 e. The van der Waals surface area contributed by atoms with Gasteiger partial charge in [0, 0.05) is 26.7 Å². The molecule has 86 valence electrons. The highest BCUT2D eigenvalue weighted by Gasteiger charge is 2.23. The van der Waals surface area contributed by atoms with Crippen molar-refractivity contribution in [2.45, 2.75) is 19.1 Å². The van der Waals surface area contributed by atoms with E-state index >= 15 is 0 Å². The quantitative estimate of drug-likeness (QED) is 0.599.